The van der Waals surface area contributed by atoms with Crippen LogP contribution in [-0.4, -0.2) is 17.8 Å². The maximum atomic E-state index is 4.47. The van der Waals surface area contributed by atoms with E-state index in [2.05, 4.69) is 53.0 Å². The van der Waals surface area contributed by atoms with Crippen LogP contribution in [0.5, 0.6) is 0 Å². The smallest absolute Gasteiger partial charge is 0.0957 e. The molecule has 0 bridgehead atoms. The van der Waals surface area contributed by atoms with Gasteiger partial charge in [0.25, 0.3) is 0 Å². The van der Waals surface area contributed by atoms with Crippen molar-refractivity contribution in [3.63, 3.8) is 0 Å². The maximum absolute atomic E-state index is 4.47. The number of rotatable bonds is 2. The molecular formula is C15H16N2S. The molecular weight excluding hydrogens is 240 g/mol. The Labute approximate surface area is 112 Å². The van der Waals surface area contributed by atoms with Crippen LogP contribution in [0.3, 0.4) is 0 Å². The largest absolute Gasteiger partial charge is 0.306 e. The Morgan fingerprint density at radius 1 is 1.22 bits per heavy atom. The molecule has 2 aromatic rings. The number of benzene rings is 1. The third-order valence-corrected chi connectivity index (χ3v) is 4.07. The van der Waals surface area contributed by atoms with E-state index in [-0.39, 0.29) is 0 Å². The van der Waals surface area contributed by atoms with Crippen molar-refractivity contribution in [3.8, 4) is 0 Å². The first-order valence-electron chi connectivity index (χ1n) is 6.19. The molecule has 2 nitrogen and oxygen atoms in total. The zero-order chi connectivity index (χ0) is 12.4. The summed E-state index contributed by atoms with van der Waals surface area (Å²) in [6, 6.07) is 13.2. The van der Waals surface area contributed by atoms with Gasteiger partial charge in [0.15, 0.2) is 0 Å². The van der Waals surface area contributed by atoms with E-state index in [1.807, 2.05) is 6.20 Å². The second-order valence-electron chi connectivity index (χ2n) is 4.47. The van der Waals surface area contributed by atoms with Gasteiger partial charge in [-0.2, -0.15) is 0 Å². The highest BCUT2D eigenvalue weighted by molar-refractivity contribution is 7.98. The molecule has 1 aromatic carbocycles. The van der Waals surface area contributed by atoms with Gasteiger partial charge in [0.2, 0.25) is 0 Å². The van der Waals surface area contributed by atoms with Gasteiger partial charge in [0, 0.05) is 12.7 Å². The molecule has 1 N–H and O–H groups in total. The van der Waals surface area contributed by atoms with Crippen LogP contribution in [0.15, 0.2) is 47.6 Å². The summed E-state index contributed by atoms with van der Waals surface area (Å²) < 4.78 is 0. The number of nitrogens with zero attached hydrogens (tertiary/aromatic N) is 1. The molecule has 0 aliphatic carbocycles. The van der Waals surface area contributed by atoms with Gasteiger partial charge < -0.3 is 5.32 Å². The van der Waals surface area contributed by atoms with E-state index in [1.165, 1.54) is 16.7 Å². The lowest BCUT2D eigenvalue weighted by molar-refractivity contribution is 0.566. The summed E-state index contributed by atoms with van der Waals surface area (Å²) >= 11 is 1.68. The van der Waals surface area contributed by atoms with E-state index in [4.69, 9.17) is 0 Å². The Kier molecular flexibility index (Phi) is 3.35. The van der Waals surface area contributed by atoms with E-state index in [9.17, 15) is 0 Å². The molecule has 0 fully saturated rings. The maximum Gasteiger partial charge on any atom is 0.0957 e. The summed E-state index contributed by atoms with van der Waals surface area (Å²) in [4.78, 5) is 4.47. The minimum atomic E-state index is 0.290. The van der Waals surface area contributed by atoms with Crippen LogP contribution in [-0.2, 0) is 6.42 Å². The van der Waals surface area contributed by atoms with Crippen LogP contribution in [0.4, 0.5) is 0 Å². The number of hydrogen-bond acceptors (Lipinski definition) is 3. The van der Waals surface area contributed by atoms with Crippen LogP contribution in [0.1, 0.15) is 22.7 Å². The molecule has 1 atom stereocenters. The molecule has 92 valence electrons. The summed E-state index contributed by atoms with van der Waals surface area (Å²) in [7, 11) is 0. The summed E-state index contributed by atoms with van der Waals surface area (Å²) in [6.45, 7) is 1.03. The zero-order valence-corrected chi connectivity index (χ0v) is 11.2. The van der Waals surface area contributed by atoms with Crippen LogP contribution >= 0.6 is 11.8 Å². The number of thioether (sulfide) groups is 1. The molecule has 3 rings (SSSR count). The molecule has 3 heteroatoms. The second-order valence-corrected chi connectivity index (χ2v) is 5.30. The van der Waals surface area contributed by atoms with Crippen LogP contribution in [0, 0.1) is 0 Å². The highest BCUT2D eigenvalue weighted by atomic mass is 32.2. The van der Waals surface area contributed by atoms with Crippen molar-refractivity contribution in [1.29, 1.82) is 0 Å². The Morgan fingerprint density at radius 2 is 2.11 bits per heavy atom. The predicted molar refractivity (Wildman–Crippen MR) is 76.0 cm³/mol. The van der Waals surface area contributed by atoms with Crippen LogP contribution < -0.4 is 5.32 Å². The molecule has 0 spiro atoms. The second kappa shape index (κ2) is 5.12. The number of fused-ring (bicyclic) bond motifs is 1. The van der Waals surface area contributed by atoms with Gasteiger partial charge in [0.05, 0.1) is 11.1 Å². The summed E-state index contributed by atoms with van der Waals surface area (Å²) in [5.74, 6) is 0. The lowest BCUT2D eigenvalue weighted by atomic mass is 9.91. The van der Waals surface area contributed by atoms with Gasteiger partial charge in [-0.3, -0.25) is 0 Å². The molecule has 0 saturated heterocycles. The lowest BCUT2D eigenvalue weighted by Gasteiger charge is -2.27. The minimum absolute atomic E-state index is 0.290. The van der Waals surface area contributed by atoms with E-state index in [0.29, 0.717) is 6.04 Å². The summed E-state index contributed by atoms with van der Waals surface area (Å²) in [6.07, 6.45) is 5.16. The lowest BCUT2D eigenvalue weighted by Crippen LogP contribution is -2.30. The molecule has 1 aliphatic rings. The Balaban J connectivity index is 1.97. The highest BCUT2D eigenvalue weighted by Gasteiger charge is 2.20. The standard InChI is InChI=1S/C15H16N2S/c1-18-14-7-6-12(10-17-14)15-13-5-3-2-4-11(13)8-9-16-15/h2-7,10,15-16H,8-9H2,1H3. The van der Waals surface area contributed by atoms with E-state index in [0.717, 1.165) is 18.0 Å². The quantitative estimate of drug-likeness (QED) is 0.836. The summed E-state index contributed by atoms with van der Waals surface area (Å²) in [5, 5.41) is 4.65. The van der Waals surface area contributed by atoms with Crippen LogP contribution in [0.2, 0.25) is 0 Å². The van der Waals surface area contributed by atoms with Gasteiger partial charge in [-0.1, -0.05) is 30.3 Å². The topological polar surface area (TPSA) is 24.9 Å². The Morgan fingerprint density at radius 3 is 2.89 bits per heavy atom. The molecule has 1 aromatic heterocycles. The third-order valence-electron chi connectivity index (χ3n) is 3.41. The molecule has 18 heavy (non-hydrogen) atoms. The fraction of sp³-hybridized carbons (Fsp3) is 0.267. The zero-order valence-electron chi connectivity index (χ0n) is 10.4. The van der Waals surface area contributed by atoms with Gasteiger partial charge in [-0.05, 0) is 35.4 Å². The number of hydrogen-bond donors (Lipinski definition) is 1. The SMILES string of the molecule is CSc1ccc(C2NCCc3ccccc32)cn1. The number of pyridine rings is 1. The van der Waals surface area contributed by atoms with Crippen molar-refractivity contribution in [2.45, 2.75) is 17.5 Å². The first-order valence-corrected chi connectivity index (χ1v) is 7.42. The number of nitrogens with one attached hydrogen (secondary N) is 1. The molecule has 0 radical (unpaired) electrons. The molecule has 0 saturated carbocycles. The number of aromatic nitrogens is 1. The first kappa shape index (κ1) is 11.8. The Bertz CT molecular complexity index is 536. The van der Waals surface area contributed by atoms with Crippen molar-refractivity contribution in [2.24, 2.45) is 0 Å². The monoisotopic (exact) mass is 256 g/mol. The average Bonchev–Trinajstić information content (AvgIpc) is 2.47. The van der Waals surface area contributed by atoms with Crippen molar-refractivity contribution < 1.29 is 0 Å². The predicted octanol–water partition coefficient (Wildman–Crippen LogP) is 3.04. The molecule has 2 heterocycles. The van der Waals surface area contributed by atoms with Crippen molar-refractivity contribution >= 4 is 11.8 Å². The van der Waals surface area contributed by atoms with E-state index in [1.54, 1.807) is 11.8 Å². The fourth-order valence-corrected chi connectivity index (χ4v) is 2.85. The van der Waals surface area contributed by atoms with Crippen molar-refractivity contribution in [2.75, 3.05) is 12.8 Å². The fourth-order valence-electron chi connectivity index (χ4n) is 2.49. The third kappa shape index (κ3) is 2.16. The van der Waals surface area contributed by atoms with Gasteiger partial charge in [-0.25, -0.2) is 4.98 Å². The molecule has 1 unspecified atom stereocenters. The first-order chi connectivity index (χ1) is 8.88. The van der Waals surface area contributed by atoms with E-state index >= 15 is 0 Å². The normalized spacial score (nSPS) is 18.4. The van der Waals surface area contributed by atoms with Crippen LogP contribution in [0.25, 0.3) is 0 Å². The van der Waals surface area contributed by atoms with Gasteiger partial charge in [-0.15, -0.1) is 11.8 Å². The van der Waals surface area contributed by atoms with Gasteiger partial charge >= 0.3 is 0 Å². The Hall–Kier alpha value is -1.32. The average molecular weight is 256 g/mol. The van der Waals surface area contributed by atoms with E-state index < -0.39 is 0 Å². The molecule has 1 aliphatic heterocycles. The van der Waals surface area contributed by atoms with Crippen molar-refractivity contribution in [3.05, 3.63) is 59.3 Å². The van der Waals surface area contributed by atoms with Gasteiger partial charge in [0.1, 0.15) is 0 Å². The van der Waals surface area contributed by atoms with Crippen molar-refractivity contribution in [1.82, 2.24) is 10.3 Å². The highest BCUT2D eigenvalue weighted by Crippen LogP contribution is 2.28. The minimum Gasteiger partial charge on any atom is -0.306 e. The molecule has 0 amide bonds. The summed E-state index contributed by atoms with van der Waals surface area (Å²) in [5.41, 5.74) is 4.09.